The maximum atomic E-state index is 11.2. The molecule has 0 spiro atoms. The van der Waals surface area contributed by atoms with Gasteiger partial charge in [-0.2, -0.15) is 0 Å². The number of nitrogens with one attached hydrogen (secondary N) is 1. The molecule has 1 fully saturated rings. The highest BCUT2D eigenvalue weighted by Gasteiger charge is 2.34. The zero-order valence-corrected chi connectivity index (χ0v) is 12.1. The summed E-state index contributed by atoms with van der Waals surface area (Å²) in [4.78, 5) is 19.7. The third-order valence-electron chi connectivity index (χ3n) is 3.92. The van der Waals surface area contributed by atoms with Crippen LogP contribution in [0.15, 0.2) is 12.4 Å². The molecule has 20 heavy (non-hydrogen) atoms. The zero-order valence-electron chi connectivity index (χ0n) is 12.1. The summed E-state index contributed by atoms with van der Waals surface area (Å²) in [7, 11) is 0. The Balaban J connectivity index is 2.14. The second kappa shape index (κ2) is 6.68. The molecule has 1 aliphatic rings. The summed E-state index contributed by atoms with van der Waals surface area (Å²) in [5, 5.41) is 12.6. The fourth-order valence-corrected chi connectivity index (χ4v) is 2.99. The predicted octanol–water partition coefficient (Wildman–Crippen LogP) is 3.02. The molecular weight excluding hydrogens is 254 g/mol. The second-order valence-electron chi connectivity index (χ2n) is 5.68. The maximum absolute atomic E-state index is 11.2. The van der Waals surface area contributed by atoms with E-state index >= 15 is 0 Å². The van der Waals surface area contributed by atoms with E-state index in [-0.39, 0.29) is 12.0 Å². The Labute approximate surface area is 119 Å². The molecule has 2 rings (SSSR count). The summed E-state index contributed by atoms with van der Waals surface area (Å²) in [6, 6.07) is 1.95. The number of carboxylic acid groups (broad SMARTS) is 1. The first-order valence-corrected chi connectivity index (χ1v) is 7.44. The van der Waals surface area contributed by atoms with Gasteiger partial charge in [0, 0.05) is 17.3 Å². The third-order valence-corrected chi connectivity index (χ3v) is 3.92. The fourth-order valence-electron chi connectivity index (χ4n) is 2.99. The van der Waals surface area contributed by atoms with Crippen molar-refractivity contribution < 1.29 is 9.90 Å². The molecule has 1 aliphatic carbocycles. The van der Waals surface area contributed by atoms with Gasteiger partial charge >= 0.3 is 5.97 Å². The van der Waals surface area contributed by atoms with E-state index < -0.39 is 5.97 Å². The molecule has 1 aromatic heterocycles. The van der Waals surface area contributed by atoms with Crippen molar-refractivity contribution in [3.05, 3.63) is 18.1 Å². The van der Waals surface area contributed by atoms with E-state index in [2.05, 4.69) is 22.2 Å². The summed E-state index contributed by atoms with van der Waals surface area (Å²) in [6.45, 7) is 2.11. The van der Waals surface area contributed by atoms with E-state index in [1.165, 1.54) is 6.42 Å². The van der Waals surface area contributed by atoms with Crippen LogP contribution in [0.25, 0.3) is 0 Å². The van der Waals surface area contributed by atoms with Crippen molar-refractivity contribution in [3.63, 3.8) is 0 Å². The van der Waals surface area contributed by atoms with Crippen molar-refractivity contribution in [2.75, 3.05) is 5.32 Å². The number of aliphatic carboxylic acids is 1. The molecule has 0 aliphatic heterocycles. The Morgan fingerprint density at radius 3 is 2.75 bits per heavy atom. The van der Waals surface area contributed by atoms with Crippen molar-refractivity contribution in [1.29, 1.82) is 0 Å². The SMILES string of the molecule is CCCc1cc(NC2(CC(=O)O)CCCCC2)ncn1. The first-order valence-electron chi connectivity index (χ1n) is 7.44. The number of hydrogen-bond acceptors (Lipinski definition) is 4. The molecule has 0 unspecified atom stereocenters. The van der Waals surface area contributed by atoms with Gasteiger partial charge in [-0.15, -0.1) is 0 Å². The molecule has 0 radical (unpaired) electrons. The standard InChI is InChI=1S/C15H23N3O2/c1-2-6-12-9-13(17-11-16-12)18-15(10-14(19)20)7-4-3-5-8-15/h9,11H,2-8,10H2,1H3,(H,19,20)(H,16,17,18). The molecule has 5 nitrogen and oxygen atoms in total. The topological polar surface area (TPSA) is 75.1 Å². The summed E-state index contributed by atoms with van der Waals surface area (Å²) >= 11 is 0. The minimum Gasteiger partial charge on any atom is -0.481 e. The minimum atomic E-state index is -0.748. The quantitative estimate of drug-likeness (QED) is 0.836. The number of hydrogen-bond donors (Lipinski definition) is 2. The van der Waals surface area contributed by atoms with Crippen molar-refractivity contribution in [1.82, 2.24) is 9.97 Å². The minimum absolute atomic E-state index is 0.153. The van der Waals surface area contributed by atoms with Crippen molar-refractivity contribution in [2.24, 2.45) is 0 Å². The van der Waals surface area contributed by atoms with Crippen LogP contribution in [0.4, 0.5) is 5.82 Å². The van der Waals surface area contributed by atoms with E-state index in [0.717, 1.165) is 50.0 Å². The average molecular weight is 277 g/mol. The lowest BCUT2D eigenvalue weighted by atomic mass is 9.79. The molecule has 1 saturated carbocycles. The molecule has 5 heteroatoms. The second-order valence-corrected chi connectivity index (χ2v) is 5.68. The Kier molecular flexibility index (Phi) is 4.93. The van der Waals surface area contributed by atoms with Gasteiger partial charge in [0.15, 0.2) is 0 Å². The van der Waals surface area contributed by atoms with Gasteiger partial charge in [-0.05, 0) is 19.3 Å². The number of carbonyl (C=O) groups is 1. The van der Waals surface area contributed by atoms with Gasteiger partial charge in [-0.25, -0.2) is 9.97 Å². The number of carboxylic acids is 1. The monoisotopic (exact) mass is 277 g/mol. The van der Waals surface area contributed by atoms with Crippen LogP contribution >= 0.6 is 0 Å². The predicted molar refractivity (Wildman–Crippen MR) is 77.7 cm³/mol. The molecule has 0 atom stereocenters. The number of rotatable bonds is 6. The lowest BCUT2D eigenvalue weighted by Crippen LogP contribution is -2.42. The molecule has 0 saturated heterocycles. The lowest BCUT2D eigenvalue weighted by molar-refractivity contribution is -0.138. The molecule has 0 bridgehead atoms. The van der Waals surface area contributed by atoms with Gasteiger partial charge in [0.2, 0.25) is 0 Å². The van der Waals surface area contributed by atoms with E-state index in [1.807, 2.05) is 6.07 Å². The highest BCUT2D eigenvalue weighted by atomic mass is 16.4. The largest absolute Gasteiger partial charge is 0.481 e. The maximum Gasteiger partial charge on any atom is 0.305 e. The highest BCUT2D eigenvalue weighted by Crippen LogP contribution is 2.34. The summed E-state index contributed by atoms with van der Waals surface area (Å²) in [5.41, 5.74) is 0.661. The summed E-state index contributed by atoms with van der Waals surface area (Å²) in [6.07, 6.45) is 8.80. The number of anilines is 1. The molecule has 110 valence electrons. The van der Waals surface area contributed by atoms with Crippen LogP contribution in [-0.4, -0.2) is 26.6 Å². The summed E-state index contributed by atoms with van der Waals surface area (Å²) < 4.78 is 0. The number of aromatic nitrogens is 2. The van der Waals surface area contributed by atoms with Crippen LogP contribution in [0.2, 0.25) is 0 Å². The molecular formula is C15H23N3O2. The van der Waals surface area contributed by atoms with Gasteiger partial charge in [0.05, 0.1) is 6.42 Å². The van der Waals surface area contributed by atoms with Crippen LogP contribution < -0.4 is 5.32 Å². The van der Waals surface area contributed by atoms with Gasteiger partial charge in [-0.3, -0.25) is 4.79 Å². The van der Waals surface area contributed by atoms with E-state index in [9.17, 15) is 9.90 Å². The van der Waals surface area contributed by atoms with Gasteiger partial charge in [0.25, 0.3) is 0 Å². The van der Waals surface area contributed by atoms with Gasteiger partial charge < -0.3 is 10.4 Å². The normalized spacial score (nSPS) is 17.6. The molecule has 2 N–H and O–H groups in total. The van der Waals surface area contributed by atoms with Crippen LogP contribution in [-0.2, 0) is 11.2 Å². The fraction of sp³-hybridized carbons (Fsp3) is 0.667. The first-order chi connectivity index (χ1) is 9.63. The Bertz CT molecular complexity index is 456. The lowest BCUT2D eigenvalue weighted by Gasteiger charge is -2.37. The molecule has 0 aromatic carbocycles. The van der Waals surface area contributed by atoms with Crippen LogP contribution in [0.1, 0.15) is 57.6 Å². The van der Waals surface area contributed by atoms with Gasteiger partial charge in [-0.1, -0.05) is 32.6 Å². The van der Waals surface area contributed by atoms with Crippen LogP contribution in [0.5, 0.6) is 0 Å². The van der Waals surface area contributed by atoms with Crippen molar-refractivity contribution in [2.45, 2.75) is 63.8 Å². The van der Waals surface area contributed by atoms with E-state index in [0.29, 0.717) is 0 Å². The average Bonchev–Trinajstić information content (AvgIpc) is 2.39. The Morgan fingerprint density at radius 1 is 1.35 bits per heavy atom. The Hall–Kier alpha value is -1.65. The van der Waals surface area contributed by atoms with Crippen molar-refractivity contribution in [3.8, 4) is 0 Å². The third kappa shape index (κ3) is 3.92. The number of aryl methyl sites for hydroxylation is 1. The van der Waals surface area contributed by atoms with Crippen LogP contribution in [0, 0.1) is 0 Å². The Morgan fingerprint density at radius 2 is 2.10 bits per heavy atom. The van der Waals surface area contributed by atoms with Crippen molar-refractivity contribution >= 4 is 11.8 Å². The van der Waals surface area contributed by atoms with Gasteiger partial charge in [0.1, 0.15) is 12.1 Å². The molecule has 1 heterocycles. The summed E-state index contributed by atoms with van der Waals surface area (Å²) in [5.74, 6) is 0.00818. The highest BCUT2D eigenvalue weighted by molar-refractivity contribution is 5.69. The van der Waals surface area contributed by atoms with E-state index in [4.69, 9.17) is 0 Å². The van der Waals surface area contributed by atoms with E-state index in [1.54, 1.807) is 6.33 Å². The molecule has 0 amide bonds. The van der Waals surface area contributed by atoms with Crippen LogP contribution in [0.3, 0.4) is 0 Å². The molecule has 1 aromatic rings. The smallest absolute Gasteiger partial charge is 0.305 e. The zero-order chi connectivity index (χ0) is 14.4. The number of nitrogens with zero attached hydrogens (tertiary/aromatic N) is 2. The first kappa shape index (κ1) is 14.8.